The van der Waals surface area contributed by atoms with Gasteiger partial charge in [0, 0.05) is 6.07 Å². The average Bonchev–Trinajstić information content (AvgIpc) is 2.33. The zero-order valence-corrected chi connectivity index (χ0v) is 10.2. The molecule has 0 radical (unpaired) electrons. The lowest BCUT2D eigenvalue weighted by Crippen LogP contribution is -2.36. The molecule has 0 bridgehead atoms. The first kappa shape index (κ1) is 15.1. The molecule has 4 nitrogen and oxygen atoms in total. The van der Waals surface area contributed by atoms with Crippen LogP contribution in [-0.2, 0) is 4.79 Å². The molecule has 19 heavy (non-hydrogen) atoms. The van der Waals surface area contributed by atoms with Crippen molar-refractivity contribution in [3.05, 3.63) is 28.8 Å². The summed E-state index contributed by atoms with van der Waals surface area (Å²) in [6.07, 6.45) is -4.46. The van der Waals surface area contributed by atoms with Crippen molar-refractivity contribution in [2.24, 2.45) is 0 Å². The van der Waals surface area contributed by atoms with Gasteiger partial charge in [0.2, 0.25) is 0 Å². The third-order valence-corrected chi connectivity index (χ3v) is 2.23. The number of nitrogens with zero attached hydrogens (tertiary/aromatic N) is 1. The van der Waals surface area contributed by atoms with Crippen LogP contribution in [0.3, 0.4) is 0 Å². The van der Waals surface area contributed by atoms with Gasteiger partial charge in [-0.2, -0.15) is 18.4 Å². The molecule has 1 rings (SSSR count). The van der Waals surface area contributed by atoms with Crippen LogP contribution in [0.5, 0.6) is 5.75 Å². The Morgan fingerprint density at radius 1 is 1.47 bits per heavy atom. The first-order valence-electron chi connectivity index (χ1n) is 4.98. The van der Waals surface area contributed by atoms with E-state index in [9.17, 15) is 18.0 Å². The number of rotatable bonds is 4. The number of amides is 1. The molecule has 1 aromatic carbocycles. The van der Waals surface area contributed by atoms with E-state index in [0.29, 0.717) is 0 Å². The Kier molecular flexibility index (Phi) is 5.01. The van der Waals surface area contributed by atoms with Crippen molar-refractivity contribution in [1.29, 1.82) is 5.26 Å². The van der Waals surface area contributed by atoms with Crippen LogP contribution in [0.4, 0.5) is 13.2 Å². The average molecular weight is 293 g/mol. The third kappa shape index (κ3) is 5.48. The van der Waals surface area contributed by atoms with Crippen LogP contribution in [0.15, 0.2) is 18.2 Å². The number of hydrogen-bond donors (Lipinski definition) is 1. The highest BCUT2D eigenvalue weighted by atomic mass is 35.5. The molecule has 0 fully saturated rings. The zero-order valence-electron chi connectivity index (χ0n) is 9.42. The predicted octanol–water partition coefficient (Wildman–Crippen LogP) is 2.27. The van der Waals surface area contributed by atoms with Gasteiger partial charge in [0.25, 0.3) is 5.91 Å². The van der Waals surface area contributed by atoms with E-state index in [1.54, 1.807) is 5.32 Å². The van der Waals surface area contributed by atoms with E-state index in [1.807, 2.05) is 6.07 Å². The molecule has 0 aliphatic heterocycles. The molecular formula is C11H8ClF3N2O2. The van der Waals surface area contributed by atoms with Crippen molar-refractivity contribution in [2.45, 2.75) is 6.18 Å². The standard InChI is InChI=1S/C11H8ClF3N2O2/c12-9-3-8(2-1-7(9)4-16)19-5-10(18)17-6-11(13,14)15/h1-3H,5-6H2,(H,17,18). The monoisotopic (exact) mass is 292 g/mol. The summed E-state index contributed by atoms with van der Waals surface area (Å²) < 4.78 is 40.4. The van der Waals surface area contributed by atoms with E-state index in [-0.39, 0.29) is 16.3 Å². The summed E-state index contributed by atoms with van der Waals surface area (Å²) in [6, 6.07) is 5.91. The Labute approximate surface area is 111 Å². The largest absolute Gasteiger partial charge is 0.484 e. The molecule has 0 aliphatic carbocycles. The number of alkyl halides is 3. The summed E-state index contributed by atoms with van der Waals surface area (Å²) in [5.74, 6) is -0.719. The fourth-order valence-electron chi connectivity index (χ4n) is 1.08. The minimum atomic E-state index is -4.46. The van der Waals surface area contributed by atoms with Crippen LogP contribution in [0.2, 0.25) is 5.02 Å². The van der Waals surface area contributed by atoms with Gasteiger partial charge in [0.1, 0.15) is 18.4 Å². The first-order chi connectivity index (χ1) is 8.81. The Hall–Kier alpha value is -1.94. The molecular weight excluding hydrogens is 285 g/mol. The topological polar surface area (TPSA) is 62.1 Å². The molecule has 102 valence electrons. The van der Waals surface area contributed by atoms with E-state index in [0.717, 1.165) is 0 Å². The van der Waals surface area contributed by atoms with Crippen LogP contribution in [-0.4, -0.2) is 25.2 Å². The van der Waals surface area contributed by atoms with Crippen LogP contribution in [0, 0.1) is 11.3 Å². The van der Waals surface area contributed by atoms with Crippen molar-refractivity contribution in [3.8, 4) is 11.8 Å². The number of nitriles is 1. The molecule has 1 aromatic rings. The number of benzene rings is 1. The molecule has 0 saturated carbocycles. The number of nitrogens with one attached hydrogen (secondary N) is 1. The lowest BCUT2D eigenvalue weighted by Gasteiger charge is -2.09. The van der Waals surface area contributed by atoms with E-state index in [2.05, 4.69) is 0 Å². The second-order valence-corrected chi connectivity index (χ2v) is 3.84. The number of carbonyl (C=O) groups is 1. The summed E-state index contributed by atoms with van der Waals surface area (Å²) >= 11 is 5.71. The van der Waals surface area contributed by atoms with Crippen molar-refractivity contribution >= 4 is 17.5 Å². The van der Waals surface area contributed by atoms with E-state index in [4.69, 9.17) is 21.6 Å². The molecule has 8 heteroatoms. The van der Waals surface area contributed by atoms with Gasteiger partial charge in [0.15, 0.2) is 6.61 Å². The fraction of sp³-hybridized carbons (Fsp3) is 0.273. The lowest BCUT2D eigenvalue weighted by molar-refractivity contribution is -0.139. The normalized spacial score (nSPS) is 10.7. The smallest absolute Gasteiger partial charge is 0.405 e. The highest BCUT2D eigenvalue weighted by Gasteiger charge is 2.27. The SMILES string of the molecule is N#Cc1ccc(OCC(=O)NCC(F)(F)F)cc1Cl. The maximum absolute atomic E-state index is 11.8. The molecule has 0 saturated heterocycles. The summed E-state index contributed by atoms with van der Waals surface area (Å²) in [7, 11) is 0. The number of ether oxygens (including phenoxy) is 1. The van der Waals surface area contributed by atoms with E-state index >= 15 is 0 Å². The van der Waals surface area contributed by atoms with Crippen molar-refractivity contribution in [3.63, 3.8) is 0 Å². The molecule has 0 unspecified atom stereocenters. The van der Waals surface area contributed by atoms with Crippen LogP contribution >= 0.6 is 11.6 Å². The molecule has 0 heterocycles. The van der Waals surface area contributed by atoms with Gasteiger partial charge in [-0.1, -0.05) is 11.6 Å². The van der Waals surface area contributed by atoms with Crippen LogP contribution in [0.1, 0.15) is 5.56 Å². The van der Waals surface area contributed by atoms with E-state index in [1.165, 1.54) is 18.2 Å². The Morgan fingerprint density at radius 2 is 2.16 bits per heavy atom. The van der Waals surface area contributed by atoms with Crippen molar-refractivity contribution < 1.29 is 22.7 Å². The second-order valence-electron chi connectivity index (χ2n) is 3.43. The summed E-state index contributed by atoms with van der Waals surface area (Å²) in [5, 5.41) is 10.4. The molecule has 1 amide bonds. The van der Waals surface area contributed by atoms with Gasteiger partial charge >= 0.3 is 6.18 Å². The minimum absolute atomic E-state index is 0.135. The fourth-order valence-corrected chi connectivity index (χ4v) is 1.29. The minimum Gasteiger partial charge on any atom is -0.484 e. The third-order valence-electron chi connectivity index (χ3n) is 1.92. The van der Waals surface area contributed by atoms with Gasteiger partial charge in [-0.3, -0.25) is 4.79 Å². The number of hydrogen-bond acceptors (Lipinski definition) is 3. The highest BCUT2D eigenvalue weighted by Crippen LogP contribution is 2.21. The summed E-state index contributed by atoms with van der Waals surface area (Å²) in [6.45, 7) is -1.98. The van der Waals surface area contributed by atoms with Gasteiger partial charge in [-0.25, -0.2) is 0 Å². The maximum atomic E-state index is 11.8. The Balaban J connectivity index is 2.47. The summed E-state index contributed by atoms with van der Waals surface area (Å²) in [5.41, 5.74) is 0.232. The highest BCUT2D eigenvalue weighted by molar-refractivity contribution is 6.31. The van der Waals surface area contributed by atoms with Gasteiger partial charge < -0.3 is 10.1 Å². The van der Waals surface area contributed by atoms with Crippen LogP contribution in [0.25, 0.3) is 0 Å². The van der Waals surface area contributed by atoms with Gasteiger partial charge in [0.05, 0.1) is 10.6 Å². The Morgan fingerprint density at radius 3 is 2.68 bits per heavy atom. The maximum Gasteiger partial charge on any atom is 0.405 e. The molecule has 0 atom stereocenters. The molecule has 0 spiro atoms. The summed E-state index contributed by atoms with van der Waals surface area (Å²) in [4.78, 5) is 11.0. The molecule has 0 aromatic heterocycles. The van der Waals surface area contributed by atoms with Crippen LogP contribution < -0.4 is 10.1 Å². The molecule has 0 aliphatic rings. The molecule has 1 N–H and O–H groups in total. The van der Waals surface area contributed by atoms with Crippen molar-refractivity contribution in [2.75, 3.05) is 13.2 Å². The van der Waals surface area contributed by atoms with Crippen molar-refractivity contribution in [1.82, 2.24) is 5.32 Å². The van der Waals surface area contributed by atoms with Gasteiger partial charge in [-0.05, 0) is 12.1 Å². The number of carbonyl (C=O) groups excluding carboxylic acids is 1. The quantitative estimate of drug-likeness (QED) is 0.926. The number of halogens is 4. The zero-order chi connectivity index (χ0) is 14.5. The first-order valence-corrected chi connectivity index (χ1v) is 5.35. The van der Waals surface area contributed by atoms with Gasteiger partial charge in [-0.15, -0.1) is 0 Å². The predicted molar refractivity (Wildman–Crippen MR) is 60.7 cm³/mol. The second kappa shape index (κ2) is 6.29. The lowest BCUT2D eigenvalue weighted by atomic mass is 10.2. The Bertz CT molecular complexity index is 512. The van der Waals surface area contributed by atoms with E-state index < -0.39 is 25.2 Å².